The molecule has 19 heavy (non-hydrogen) atoms. The number of aromatic nitrogens is 1. The highest BCUT2D eigenvalue weighted by atomic mass is 32.1. The average molecular weight is 274 g/mol. The number of aryl methyl sites for hydroxylation is 2. The Labute approximate surface area is 117 Å². The lowest BCUT2D eigenvalue weighted by molar-refractivity contribution is 0.0737. The number of amides is 1. The van der Waals surface area contributed by atoms with Crippen LogP contribution in [0, 0.1) is 13.8 Å². The van der Waals surface area contributed by atoms with Crippen molar-refractivity contribution in [1.29, 1.82) is 0 Å². The summed E-state index contributed by atoms with van der Waals surface area (Å²) in [5, 5.41) is 2.73. The highest BCUT2D eigenvalue weighted by Gasteiger charge is 2.20. The van der Waals surface area contributed by atoms with Gasteiger partial charge in [0, 0.05) is 12.4 Å². The van der Waals surface area contributed by atoms with Crippen molar-refractivity contribution in [3.8, 4) is 0 Å². The SMILES string of the molecule is Cc1ccc(C(C)N(C)C(=O)c2csc(C)n2)cc1. The molecule has 0 aliphatic carbocycles. The lowest BCUT2D eigenvalue weighted by Gasteiger charge is -2.24. The van der Waals surface area contributed by atoms with Crippen LogP contribution in [0.25, 0.3) is 0 Å². The number of hydrogen-bond donors (Lipinski definition) is 0. The summed E-state index contributed by atoms with van der Waals surface area (Å²) in [4.78, 5) is 18.3. The van der Waals surface area contributed by atoms with Crippen molar-refractivity contribution in [1.82, 2.24) is 9.88 Å². The lowest BCUT2D eigenvalue weighted by Crippen LogP contribution is -2.29. The summed E-state index contributed by atoms with van der Waals surface area (Å²) >= 11 is 1.50. The molecule has 0 spiro atoms. The molecule has 0 aliphatic heterocycles. The zero-order valence-corrected chi connectivity index (χ0v) is 12.5. The Morgan fingerprint density at radius 1 is 1.26 bits per heavy atom. The van der Waals surface area contributed by atoms with Gasteiger partial charge in [-0.25, -0.2) is 4.98 Å². The third-order valence-corrected chi connectivity index (χ3v) is 4.07. The summed E-state index contributed by atoms with van der Waals surface area (Å²) in [6.07, 6.45) is 0. The molecule has 0 saturated heterocycles. The van der Waals surface area contributed by atoms with Crippen LogP contribution < -0.4 is 0 Å². The third-order valence-electron chi connectivity index (χ3n) is 3.30. The molecule has 0 bridgehead atoms. The fourth-order valence-electron chi connectivity index (χ4n) is 1.89. The Kier molecular flexibility index (Phi) is 4.00. The van der Waals surface area contributed by atoms with E-state index in [1.165, 1.54) is 16.9 Å². The van der Waals surface area contributed by atoms with Gasteiger partial charge >= 0.3 is 0 Å². The van der Waals surface area contributed by atoms with Gasteiger partial charge in [0.15, 0.2) is 0 Å². The van der Waals surface area contributed by atoms with Gasteiger partial charge in [-0.2, -0.15) is 0 Å². The van der Waals surface area contributed by atoms with Crippen molar-refractivity contribution in [2.75, 3.05) is 7.05 Å². The molecular formula is C15H18N2OS. The summed E-state index contributed by atoms with van der Waals surface area (Å²) in [7, 11) is 1.82. The number of thiazole rings is 1. The number of carbonyl (C=O) groups is 1. The molecule has 0 radical (unpaired) electrons. The highest BCUT2D eigenvalue weighted by Crippen LogP contribution is 2.21. The van der Waals surface area contributed by atoms with Crippen LogP contribution in [-0.2, 0) is 0 Å². The minimum absolute atomic E-state index is 0.0302. The Morgan fingerprint density at radius 2 is 1.89 bits per heavy atom. The van der Waals surface area contributed by atoms with E-state index in [0.29, 0.717) is 5.69 Å². The van der Waals surface area contributed by atoms with Crippen molar-refractivity contribution in [3.63, 3.8) is 0 Å². The van der Waals surface area contributed by atoms with Crippen LogP contribution in [0.1, 0.15) is 39.6 Å². The van der Waals surface area contributed by atoms with Crippen LogP contribution >= 0.6 is 11.3 Å². The maximum atomic E-state index is 12.3. The molecule has 2 aromatic rings. The fraction of sp³-hybridized carbons (Fsp3) is 0.333. The molecule has 0 saturated carbocycles. The second kappa shape index (κ2) is 5.53. The first kappa shape index (κ1) is 13.7. The number of rotatable bonds is 3. The number of nitrogens with zero attached hydrogens (tertiary/aromatic N) is 2. The standard InChI is InChI=1S/C15H18N2OS/c1-10-5-7-13(8-6-10)11(2)17(4)15(18)14-9-19-12(3)16-14/h5-9,11H,1-4H3. The summed E-state index contributed by atoms with van der Waals surface area (Å²) in [6, 6.07) is 8.30. The summed E-state index contributed by atoms with van der Waals surface area (Å²) in [5.74, 6) is -0.0302. The lowest BCUT2D eigenvalue weighted by atomic mass is 10.1. The van der Waals surface area contributed by atoms with Crippen LogP contribution in [0.4, 0.5) is 0 Å². The number of hydrogen-bond acceptors (Lipinski definition) is 3. The van der Waals surface area contributed by atoms with Gasteiger partial charge in [0.25, 0.3) is 5.91 Å². The van der Waals surface area contributed by atoms with Gasteiger partial charge in [-0.05, 0) is 26.3 Å². The van der Waals surface area contributed by atoms with Gasteiger partial charge in [-0.15, -0.1) is 11.3 Å². The zero-order valence-electron chi connectivity index (χ0n) is 11.7. The first-order valence-electron chi connectivity index (χ1n) is 6.25. The molecule has 1 amide bonds. The normalized spacial score (nSPS) is 12.2. The van der Waals surface area contributed by atoms with E-state index in [1.54, 1.807) is 4.90 Å². The van der Waals surface area contributed by atoms with E-state index >= 15 is 0 Å². The third kappa shape index (κ3) is 3.01. The number of benzene rings is 1. The first-order chi connectivity index (χ1) is 8.99. The van der Waals surface area contributed by atoms with Gasteiger partial charge in [0.1, 0.15) is 5.69 Å². The molecule has 1 aromatic heterocycles. The molecule has 4 heteroatoms. The van der Waals surface area contributed by atoms with Crippen LogP contribution in [-0.4, -0.2) is 22.8 Å². The van der Waals surface area contributed by atoms with Crippen LogP contribution in [0.3, 0.4) is 0 Å². The van der Waals surface area contributed by atoms with Crippen molar-refractivity contribution in [2.24, 2.45) is 0 Å². The van der Waals surface area contributed by atoms with E-state index in [9.17, 15) is 4.79 Å². The first-order valence-corrected chi connectivity index (χ1v) is 7.13. The Bertz CT molecular complexity index is 574. The Balaban J connectivity index is 2.16. The highest BCUT2D eigenvalue weighted by molar-refractivity contribution is 7.09. The van der Waals surface area contributed by atoms with Crippen molar-refractivity contribution in [2.45, 2.75) is 26.8 Å². The Hall–Kier alpha value is -1.68. The van der Waals surface area contributed by atoms with Gasteiger partial charge in [0.2, 0.25) is 0 Å². The van der Waals surface area contributed by atoms with E-state index in [1.807, 2.05) is 26.3 Å². The molecule has 2 rings (SSSR count). The van der Waals surface area contributed by atoms with E-state index in [-0.39, 0.29) is 11.9 Å². The van der Waals surface area contributed by atoms with Crippen molar-refractivity contribution in [3.05, 3.63) is 51.5 Å². The van der Waals surface area contributed by atoms with E-state index in [4.69, 9.17) is 0 Å². The molecule has 1 atom stereocenters. The second-order valence-electron chi connectivity index (χ2n) is 4.75. The molecule has 1 unspecified atom stereocenters. The predicted octanol–water partition coefficient (Wildman–Crippen LogP) is 3.59. The maximum Gasteiger partial charge on any atom is 0.273 e. The molecular weight excluding hydrogens is 256 g/mol. The molecule has 100 valence electrons. The Morgan fingerprint density at radius 3 is 2.42 bits per heavy atom. The predicted molar refractivity (Wildman–Crippen MR) is 78.5 cm³/mol. The molecule has 3 nitrogen and oxygen atoms in total. The number of carbonyl (C=O) groups excluding carboxylic acids is 1. The minimum Gasteiger partial charge on any atom is -0.334 e. The smallest absolute Gasteiger partial charge is 0.273 e. The van der Waals surface area contributed by atoms with E-state index < -0.39 is 0 Å². The largest absolute Gasteiger partial charge is 0.334 e. The van der Waals surface area contributed by atoms with E-state index in [0.717, 1.165) is 10.6 Å². The second-order valence-corrected chi connectivity index (χ2v) is 5.82. The molecule has 0 fully saturated rings. The molecule has 1 heterocycles. The maximum absolute atomic E-state index is 12.3. The average Bonchev–Trinajstić information content (AvgIpc) is 2.84. The van der Waals surface area contributed by atoms with Crippen molar-refractivity contribution < 1.29 is 4.79 Å². The summed E-state index contributed by atoms with van der Waals surface area (Å²) in [5.41, 5.74) is 2.89. The van der Waals surface area contributed by atoms with Gasteiger partial charge in [-0.1, -0.05) is 29.8 Å². The molecule has 1 aromatic carbocycles. The topological polar surface area (TPSA) is 33.2 Å². The quantitative estimate of drug-likeness (QED) is 0.857. The fourth-order valence-corrected chi connectivity index (χ4v) is 2.47. The van der Waals surface area contributed by atoms with E-state index in [2.05, 4.69) is 36.2 Å². The van der Waals surface area contributed by atoms with Crippen LogP contribution in [0.5, 0.6) is 0 Å². The summed E-state index contributed by atoms with van der Waals surface area (Å²) in [6.45, 7) is 5.99. The van der Waals surface area contributed by atoms with Gasteiger partial charge in [-0.3, -0.25) is 4.79 Å². The van der Waals surface area contributed by atoms with Crippen LogP contribution in [0.15, 0.2) is 29.6 Å². The van der Waals surface area contributed by atoms with Gasteiger partial charge < -0.3 is 4.90 Å². The minimum atomic E-state index is -0.0302. The monoisotopic (exact) mass is 274 g/mol. The zero-order chi connectivity index (χ0) is 14.0. The van der Waals surface area contributed by atoms with Crippen molar-refractivity contribution >= 4 is 17.2 Å². The molecule has 0 N–H and O–H groups in total. The van der Waals surface area contributed by atoms with Gasteiger partial charge in [0.05, 0.1) is 11.0 Å². The van der Waals surface area contributed by atoms with Crippen LogP contribution in [0.2, 0.25) is 0 Å². The summed E-state index contributed by atoms with van der Waals surface area (Å²) < 4.78 is 0. The molecule has 0 aliphatic rings.